The van der Waals surface area contributed by atoms with Crippen molar-refractivity contribution < 1.29 is 18.8 Å². The zero-order valence-electron chi connectivity index (χ0n) is 13.2. The number of halogens is 1. The molecule has 0 spiro atoms. The number of carbonyl (C=O) groups is 1. The third-order valence-electron chi connectivity index (χ3n) is 3.72. The van der Waals surface area contributed by atoms with Gasteiger partial charge >= 0.3 is 0 Å². The lowest BCUT2D eigenvalue weighted by Gasteiger charge is -2.09. The maximum Gasteiger partial charge on any atom is 0.246 e. The number of hydrogen-bond donors (Lipinski definition) is 1. The fraction of sp³-hybridized carbons (Fsp3) is 0.412. The third-order valence-corrected chi connectivity index (χ3v) is 3.97. The Morgan fingerprint density at radius 1 is 1.38 bits per heavy atom. The molecule has 1 amide bonds. The summed E-state index contributed by atoms with van der Waals surface area (Å²) in [6, 6.07) is 9.09. The first-order valence-corrected chi connectivity index (χ1v) is 8.26. The van der Waals surface area contributed by atoms with E-state index in [1.54, 1.807) is 18.2 Å². The van der Waals surface area contributed by atoms with Crippen LogP contribution in [0, 0.1) is 0 Å². The molecule has 0 saturated carbocycles. The number of rotatable bonds is 7. The number of carbonyl (C=O) groups excluding carboxylic acids is 1. The van der Waals surface area contributed by atoms with E-state index in [1.807, 2.05) is 12.1 Å². The van der Waals surface area contributed by atoms with Gasteiger partial charge in [-0.3, -0.25) is 4.79 Å². The molecular formula is C17H19ClN2O4. The number of nitrogens with zero attached hydrogens (tertiary/aromatic N) is 1. The molecule has 0 radical (unpaired) electrons. The van der Waals surface area contributed by atoms with Gasteiger partial charge in [-0.05, 0) is 25.0 Å². The van der Waals surface area contributed by atoms with E-state index in [2.05, 4.69) is 10.5 Å². The van der Waals surface area contributed by atoms with Crippen LogP contribution >= 0.6 is 11.6 Å². The Kier molecular flexibility index (Phi) is 5.85. The van der Waals surface area contributed by atoms with Crippen LogP contribution < -0.4 is 5.32 Å². The first kappa shape index (κ1) is 17.0. The number of benzene rings is 1. The second kappa shape index (κ2) is 8.28. The van der Waals surface area contributed by atoms with Crippen molar-refractivity contribution in [1.82, 2.24) is 10.5 Å². The van der Waals surface area contributed by atoms with Crippen molar-refractivity contribution in [3.05, 3.63) is 41.1 Å². The topological polar surface area (TPSA) is 73.6 Å². The number of aromatic nitrogens is 1. The fourth-order valence-electron chi connectivity index (χ4n) is 2.45. The highest BCUT2D eigenvalue weighted by Gasteiger charge is 2.16. The first-order chi connectivity index (χ1) is 11.7. The number of nitrogens with one attached hydrogen (secondary N) is 1. The fourth-order valence-corrected chi connectivity index (χ4v) is 2.57. The quantitative estimate of drug-likeness (QED) is 0.831. The van der Waals surface area contributed by atoms with Crippen molar-refractivity contribution in [3.8, 4) is 11.3 Å². The van der Waals surface area contributed by atoms with E-state index < -0.39 is 0 Å². The lowest BCUT2D eigenvalue weighted by atomic mass is 10.1. The molecule has 3 rings (SSSR count). The molecule has 7 heteroatoms. The molecule has 1 N–H and O–H groups in total. The van der Waals surface area contributed by atoms with Gasteiger partial charge in [-0.15, -0.1) is 0 Å². The molecule has 2 aromatic rings. The van der Waals surface area contributed by atoms with Crippen LogP contribution in [0.25, 0.3) is 11.3 Å². The summed E-state index contributed by atoms with van der Waals surface area (Å²) in [5.74, 6) is 0.380. The predicted octanol–water partition coefficient (Wildman–Crippen LogP) is 2.81. The lowest BCUT2D eigenvalue weighted by molar-refractivity contribution is -0.127. The van der Waals surface area contributed by atoms with Gasteiger partial charge in [-0.1, -0.05) is 28.9 Å². The Balaban J connectivity index is 1.41. The van der Waals surface area contributed by atoms with Crippen LogP contribution in [0.2, 0.25) is 5.02 Å². The van der Waals surface area contributed by atoms with Gasteiger partial charge in [0.05, 0.1) is 19.3 Å². The summed E-state index contributed by atoms with van der Waals surface area (Å²) in [7, 11) is 0. The summed E-state index contributed by atoms with van der Waals surface area (Å²) >= 11 is 5.86. The molecular weight excluding hydrogens is 332 g/mol. The SMILES string of the molecule is O=C(COCC1CCCO1)NCc1cc(-c2ccc(Cl)cc2)no1. The Labute approximate surface area is 145 Å². The average Bonchev–Trinajstić information content (AvgIpc) is 3.25. The van der Waals surface area contributed by atoms with Gasteiger partial charge in [0, 0.05) is 23.3 Å². The van der Waals surface area contributed by atoms with Crippen LogP contribution in [0.5, 0.6) is 0 Å². The highest BCUT2D eigenvalue weighted by atomic mass is 35.5. The molecule has 0 aliphatic carbocycles. The zero-order chi connectivity index (χ0) is 16.8. The molecule has 0 bridgehead atoms. The monoisotopic (exact) mass is 350 g/mol. The largest absolute Gasteiger partial charge is 0.376 e. The normalized spacial score (nSPS) is 17.1. The molecule has 1 fully saturated rings. The van der Waals surface area contributed by atoms with Crippen LogP contribution in [0.15, 0.2) is 34.9 Å². The van der Waals surface area contributed by atoms with Crippen molar-refractivity contribution in [2.24, 2.45) is 0 Å². The third kappa shape index (κ3) is 4.80. The van der Waals surface area contributed by atoms with E-state index in [-0.39, 0.29) is 25.2 Å². The van der Waals surface area contributed by atoms with Gasteiger partial charge < -0.3 is 19.3 Å². The van der Waals surface area contributed by atoms with E-state index in [1.165, 1.54) is 0 Å². The van der Waals surface area contributed by atoms with E-state index in [0.29, 0.717) is 23.1 Å². The van der Waals surface area contributed by atoms with E-state index >= 15 is 0 Å². The Morgan fingerprint density at radius 3 is 2.96 bits per heavy atom. The van der Waals surface area contributed by atoms with E-state index in [0.717, 1.165) is 25.0 Å². The van der Waals surface area contributed by atoms with Gasteiger partial charge in [0.2, 0.25) is 5.91 Å². The molecule has 1 aromatic carbocycles. The summed E-state index contributed by atoms with van der Waals surface area (Å²) < 4.78 is 16.0. The number of amides is 1. The predicted molar refractivity (Wildman–Crippen MR) is 88.6 cm³/mol. The van der Waals surface area contributed by atoms with Crippen LogP contribution in [-0.2, 0) is 20.8 Å². The molecule has 1 atom stereocenters. The molecule has 1 aliphatic heterocycles. The van der Waals surface area contributed by atoms with E-state index in [9.17, 15) is 4.79 Å². The van der Waals surface area contributed by atoms with Crippen molar-refractivity contribution in [1.29, 1.82) is 0 Å². The maximum absolute atomic E-state index is 11.8. The molecule has 24 heavy (non-hydrogen) atoms. The minimum Gasteiger partial charge on any atom is -0.376 e. The summed E-state index contributed by atoms with van der Waals surface area (Å²) in [5, 5.41) is 7.39. The standard InChI is InChI=1S/C17H19ClN2O4/c18-13-5-3-12(4-6-13)16-8-15(24-20-16)9-19-17(21)11-22-10-14-2-1-7-23-14/h3-6,8,14H,1-2,7,9-11H2,(H,19,21). The smallest absolute Gasteiger partial charge is 0.246 e. The molecule has 128 valence electrons. The summed E-state index contributed by atoms with van der Waals surface area (Å²) in [4.78, 5) is 11.8. The Hall–Kier alpha value is -1.89. The van der Waals surface area contributed by atoms with Crippen LogP contribution in [0.3, 0.4) is 0 Å². The maximum atomic E-state index is 11.8. The zero-order valence-corrected chi connectivity index (χ0v) is 13.9. The minimum atomic E-state index is -0.197. The molecule has 2 heterocycles. The number of hydrogen-bond acceptors (Lipinski definition) is 5. The molecule has 1 saturated heterocycles. The van der Waals surface area contributed by atoms with Crippen molar-refractivity contribution in [2.45, 2.75) is 25.5 Å². The van der Waals surface area contributed by atoms with Gasteiger partial charge in [0.15, 0.2) is 5.76 Å². The van der Waals surface area contributed by atoms with Crippen LogP contribution in [0.1, 0.15) is 18.6 Å². The number of ether oxygens (including phenoxy) is 2. The first-order valence-electron chi connectivity index (χ1n) is 7.88. The minimum absolute atomic E-state index is 0.0119. The van der Waals surface area contributed by atoms with Crippen LogP contribution in [0.4, 0.5) is 0 Å². The van der Waals surface area contributed by atoms with Crippen molar-refractivity contribution >= 4 is 17.5 Å². The van der Waals surface area contributed by atoms with Gasteiger partial charge in [0.25, 0.3) is 0 Å². The second-order valence-electron chi connectivity index (χ2n) is 5.61. The second-order valence-corrected chi connectivity index (χ2v) is 6.05. The lowest BCUT2D eigenvalue weighted by Crippen LogP contribution is -2.28. The molecule has 1 unspecified atom stereocenters. The molecule has 1 aromatic heterocycles. The van der Waals surface area contributed by atoms with Crippen LogP contribution in [-0.4, -0.2) is 37.0 Å². The summed E-state index contributed by atoms with van der Waals surface area (Å²) in [6.07, 6.45) is 2.17. The molecule has 6 nitrogen and oxygen atoms in total. The van der Waals surface area contributed by atoms with Crippen molar-refractivity contribution in [2.75, 3.05) is 19.8 Å². The Bertz CT molecular complexity index is 665. The average molecular weight is 351 g/mol. The van der Waals surface area contributed by atoms with Gasteiger partial charge in [0.1, 0.15) is 12.3 Å². The van der Waals surface area contributed by atoms with E-state index in [4.69, 9.17) is 25.6 Å². The summed E-state index contributed by atoms with van der Waals surface area (Å²) in [6.45, 7) is 1.51. The molecule has 1 aliphatic rings. The van der Waals surface area contributed by atoms with Gasteiger partial charge in [-0.25, -0.2) is 0 Å². The van der Waals surface area contributed by atoms with Crippen molar-refractivity contribution in [3.63, 3.8) is 0 Å². The van der Waals surface area contributed by atoms with Gasteiger partial charge in [-0.2, -0.15) is 0 Å². The highest BCUT2D eigenvalue weighted by molar-refractivity contribution is 6.30. The Morgan fingerprint density at radius 2 is 2.21 bits per heavy atom. The highest BCUT2D eigenvalue weighted by Crippen LogP contribution is 2.21. The summed E-state index contributed by atoms with van der Waals surface area (Å²) in [5.41, 5.74) is 1.60.